The van der Waals surface area contributed by atoms with Crippen LogP contribution in [0.5, 0.6) is 5.75 Å². The Kier molecular flexibility index (Phi) is 4.04. The number of rotatable bonds is 4. The molecule has 2 heterocycles. The van der Waals surface area contributed by atoms with Crippen LogP contribution in [0, 0.1) is 5.41 Å². The number of amides is 1. The van der Waals surface area contributed by atoms with Crippen molar-refractivity contribution in [2.24, 2.45) is 5.41 Å². The van der Waals surface area contributed by atoms with E-state index in [1.54, 1.807) is 12.1 Å². The SMILES string of the molecule is CCOC(=O)[C@@]1(CC)C[C@H]2CC[C@@H]1N2C(=O)c1ccc(O)cc1. The number of ether oxygens (including phenoxy) is 1. The first-order valence-electron chi connectivity index (χ1n) is 8.32. The number of fused-ring (bicyclic) bond motifs is 2. The van der Waals surface area contributed by atoms with Crippen LogP contribution in [0.1, 0.15) is 49.9 Å². The van der Waals surface area contributed by atoms with Crippen LogP contribution in [0.15, 0.2) is 24.3 Å². The fourth-order valence-electron chi connectivity index (χ4n) is 4.26. The Balaban J connectivity index is 1.89. The molecule has 1 aromatic carbocycles. The van der Waals surface area contributed by atoms with E-state index in [0.29, 0.717) is 25.0 Å². The summed E-state index contributed by atoms with van der Waals surface area (Å²) in [6.45, 7) is 4.18. The van der Waals surface area contributed by atoms with Gasteiger partial charge in [0.05, 0.1) is 12.0 Å². The van der Waals surface area contributed by atoms with E-state index in [0.717, 1.165) is 12.8 Å². The van der Waals surface area contributed by atoms with Crippen molar-refractivity contribution in [1.82, 2.24) is 4.90 Å². The third kappa shape index (κ3) is 2.38. The Hall–Kier alpha value is -2.04. The van der Waals surface area contributed by atoms with Crippen molar-refractivity contribution in [3.63, 3.8) is 0 Å². The number of phenols is 1. The average molecular weight is 317 g/mol. The zero-order valence-electron chi connectivity index (χ0n) is 13.6. The lowest BCUT2D eigenvalue weighted by molar-refractivity contribution is -0.157. The van der Waals surface area contributed by atoms with Gasteiger partial charge in [-0.25, -0.2) is 0 Å². The Bertz CT molecular complexity index is 612. The van der Waals surface area contributed by atoms with E-state index in [9.17, 15) is 14.7 Å². The highest BCUT2D eigenvalue weighted by atomic mass is 16.5. The van der Waals surface area contributed by atoms with Gasteiger partial charge in [0, 0.05) is 17.6 Å². The largest absolute Gasteiger partial charge is 0.508 e. The summed E-state index contributed by atoms with van der Waals surface area (Å²) in [6, 6.07) is 6.32. The number of nitrogens with zero attached hydrogens (tertiary/aromatic N) is 1. The van der Waals surface area contributed by atoms with Crippen molar-refractivity contribution in [1.29, 1.82) is 0 Å². The van der Waals surface area contributed by atoms with Crippen LogP contribution in [-0.2, 0) is 9.53 Å². The van der Waals surface area contributed by atoms with E-state index >= 15 is 0 Å². The smallest absolute Gasteiger partial charge is 0.314 e. The molecule has 2 fully saturated rings. The molecule has 124 valence electrons. The zero-order chi connectivity index (χ0) is 16.6. The fraction of sp³-hybridized carbons (Fsp3) is 0.556. The van der Waals surface area contributed by atoms with Crippen LogP contribution >= 0.6 is 0 Å². The van der Waals surface area contributed by atoms with Crippen LogP contribution in [0.4, 0.5) is 0 Å². The highest BCUT2D eigenvalue weighted by Crippen LogP contribution is 2.52. The Morgan fingerprint density at radius 1 is 1.26 bits per heavy atom. The summed E-state index contributed by atoms with van der Waals surface area (Å²) in [7, 11) is 0. The molecule has 2 aliphatic rings. The monoisotopic (exact) mass is 317 g/mol. The number of benzene rings is 1. The number of aromatic hydroxyl groups is 1. The second kappa shape index (κ2) is 5.87. The molecule has 2 aliphatic heterocycles. The highest BCUT2D eigenvalue weighted by Gasteiger charge is 2.61. The van der Waals surface area contributed by atoms with Gasteiger partial charge in [0.15, 0.2) is 0 Å². The lowest BCUT2D eigenvalue weighted by atomic mass is 9.72. The van der Waals surface area contributed by atoms with Crippen molar-refractivity contribution < 1.29 is 19.4 Å². The fourth-order valence-corrected chi connectivity index (χ4v) is 4.26. The van der Waals surface area contributed by atoms with Crippen molar-refractivity contribution in [2.75, 3.05) is 6.61 Å². The summed E-state index contributed by atoms with van der Waals surface area (Å²) in [5.74, 6) is -0.0873. The highest BCUT2D eigenvalue weighted by molar-refractivity contribution is 5.96. The van der Waals surface area contributed by atoms with Crippen LogP contribution < -0.4 is 0 Å². The first-order chi connectivity index (χ1) is 11.0. The van der Waals surface area contributed by atoms with Gasteiger partial charge in [-0.2, -0.15) is 0 Å². The predicted molar refractivity (Wildman–Crippen MR) is 85.1 cm³/mol. The standard InChI is InChI=1S/C18H23NO4/c1-3-18(17(22)23-4-2)11-13-7-10-15(18)19(13)16(21)12-5-8-14(20)9-6-12/h5-6,8-9,13,15,20H,3-4,7,10-11H2,1-2H3/t13-,15+,18+/m1/s1. The molecule has 0 unspecified atom stereocenters. The summed E-state index contributed by atoms with van der Waals surface area (Å²) in [4.78, 5) is 27.3. The normalized spacial score (nSPS) is 28.9. The first-order valence-corrected chi connectivity index (χ1v) is 8.32. The molecule has 1 amide bonds. The van der Waals surface area contributed by atoms with Crippen molar-refractivity contribution >= 4 is 11.9 Å². The Morgan fingerprint density at radius 2 is 1.96 bits per heavy atom. The molecule has 2 bridgehead atoms. The average Bonchev–Trinajstić information content (AvgIpc) is 3.11. The van der Waals surface area contributed by atoms with E-state index in [1.165, 1.54) is 12.1 Å². The first kappa shape index (κ1) is 15.8. The second-order valence-electron chi connectivity index (χ2n) is 6.44. The van der Waals surface area contributed by atoms with E-state index in [2.05, 4.69) is 0 Å². The molecular formula is C18H23NO4. The number of esters is 1. The second-order valence-corrected chi connectivity index (χ2v) is 6.44. The summed E-state index contributed by atoms with van der Waals surface area (Å²) >= 11 is 0. The number of carbonyl (C=O) groups is 2. The molecule has 5 nitrogen and oxygen atoms in total. The maximum Gasteiger partial charge on any atom is 0.314 e. The van der Waals surface area contributed by atoms with Crippen molar-refractivity contribution in [3.8, 4) is 5.75 Å². The minimum Gasteiger partial charge on any atom is -0.508 e. The molecule has 0 spiro atoms. The van der Waals surface area contributed by atoms with Gasteiger partial charge in [0.25, 0.3) is 5.91 Å². The molecule has 3 rings (SSSR count). The van der Waals surface area contributed by atoms with Crippen LogP contribution in [-0.4, -0.2) is 40.6 Å². The summed E-state index contributed by atoms with van der Waals surface area (Å²) in [5, 5.41) is 9.39. The Labute approximate surface area is 136 Å². The van der Waals surface area contributed by atoms with Gasteiger partial charge in [-0.15, -0.1) is 0 Å². The molecule has 0 aliphatic carbocycles. The quantitative estimate of drug-likeness (QED) is 0.867. The molecule has 5 heteroatoms. The van der Waals surface area contributed by atoms with Gasteiger partial charge >= 0.3 is 5.97 Å². The molecule has 3 atom stereocenters. The topological polar surface area (TPSA) is 66.8 Å². The van der Waals surface area contributed by atoms with Gasteiger partial charge in [-0.05, 0) is 56.9 Å². The summed E-state index contributed by atoms with van der Waals surface area (Å²) in [6.07, 6.45) is 3.17. The van der Waals surface area contributed by atoms with Crippen LogP contribution in [0.3, 0.4) is 0 Å². The van der Waals surface area contributed by atoms with E-state index in [-0.39, 0.29) is 29.7 Å². The van der Waals surface area contributed by atoms with Gasteiger partial charge < -0.3 is 14.7 Å². The molecule has 0 radical (unpaired) electrons. The van der Waals surface area contributed by atoms with Gasteiger partial charge in [0.1, 0.15) is 5.75 Å². The third-order valence-electron chi connectivity index (χ3n) is 5.40. The van der Waals surface area contributed by atoms with E-state index in [4.69, 9.17) is 4.74 Å². The van der Waals surface area contributed by atoms with Gasteiger partial charge in [0.2, 0.25) is 0 Å². The maximum absolute atomic E-state index is 12.9. The lowest BCUT2D eigenvalue weighted by Crippen LogP contribution is -2.45. The number of hydrogen-bond acceptors (Lipinski definition) is 4. The van der Waals surface area contributed by atoms with Crippen LogP contribution in [0.25, 0.3) is 0 Å². The Morgan fingerprint density at radius 3 is 2.57 bits per heavy atom. The van der Waals surface area contributed by atoms with E-state index < -0.39 is 5.41 Å². The number of phenolic OH excluding ortho intramolecular Hbond substituents is 1. The minimum atomic E-state index is -0.564. The molecule has 0 saturated carbocycles. The molecule has 0 aromatic heterocycles. The number of carbonyl (C=O) groups excluding carboxylic acids is 2. The number of hydrogen-bond donors (Lipinski definition) is 1. The zero-order valence-corrected chi connectivity index (χ0v) is 13.6. The van der Waals surface area contributed by atoms with Crippen molar-refractivity contribution in [3.05, 3.63) is 29.8 Å². The van der Waals surface area contributed by atoms with Gasteiger partial charge in [-0.3, -0.25) is 9.59 Å². The summed E-state index contributed by atoms with van der Waals surface area (Å²) < 4.78 is 5.31. The lowest BCUT2D eigenvalue weighted by Gasteiger charge is -2.34. The molecular weight excluding hydrogens is 294 g/mol. The third-order valence-corrected chi connectivity index (χ3v) is 5.40. The minimum absolute atomic E-state index is 0.0582. The van der Waals surface area contributed by atoms with Crippen molar-refractivity contribution in [2.45, 2.75) is 51.6 Å². The molecule has 2 saturated heterocycles. The molecule has 1 N–H and O–H groups in total. The van der Waals surface area contributed by atoms with E-state index in [1.807, 2.05) is 18.7 Å². The molecule has 1 aromatic rings. The van der Waals surface area contributed by atoms with Crippen LogP contribution in [0.2, 0.25) is 0 Å². The van der Waals surface area contributed by atoms with Gasteiger partial charge in [-0.1, -0.05) is 6.92 Å². The summed E-state index contributed by atoms with van der Waals surface area (Å²) in [5.41, 5.74) is -0.0126. The maximum atomic E-state index is 12.9. The predicted octanol–water partition coefficient (Wildman–Crippen LogP) is 2.73. The molecule has 23 heavy (non-hydrogen) atoms.